The fourth-order valence-corrected chi connectivity index (χ4v) is 19.4. The molecule has 0 atom stereocenters. The number of halogens is 4. The van der Waals surface area contributed by atoms with Gasteiger partial charge in [0.1, 0.15) is 0 Å². The third kappa shape index (κ3) is 9.81. The van der Waals surface area contributed by atoms with Crippen LogP contribution in [0, 0.1) is 0 Å². The van der Waals surface area contributed by atoms with Crippen LogP contribution in [-0.4, -0.2) is 3.21 Å². The summed E-state index contributed by atoms with van der Waals surface area (Å²) in [6, 6.07) is 67.8. The van der Waals surface area contributed by atoms with Crippen LogP contribution in [-0.2, 0) is 32.1 Å². The molecule has 0 spiro atoms. The SMILES string of the molecule is CC(C)(C)c1cc2c(cc1-c1ccccc1)[CH]([Zr+2]([C]1=CC=CC1)=[C](c1ccc(-c3ccc(Cl)cc3)cc1)c1ccc(-c3ccc(Cl)cc3)cc1)c1cc(-c3ccccc3)c(C(C)(C)C)cc1-2.[Cl-].[Cl-]. The molecule has 0 N–H and O–H groups in total. The monoisotopic (exact) mass is 1040 g/mol. The quantitative estimate of drug-likeness (QED) is 0.142. The van der Waals surface area contributed by atoms with Crippen molar-refractivity contribution in [2.24, 2.45) is 0 Å². The smallest absolute Gasteiger partial charge is 1.00 e. The van der Waals surface area contributed by atoms with Crippen molar-refractivity contribution in [2.75, 3.05) is 0 Å². The van der Waals surface area contributed by atoms with E-state index in [9.17, 15) is 0 Å². The first-order chi connectivity index (χ1) is 31.8. The molecule has 10 rings (SSSR count). The Morgan fingerprint density at radius 3 is 1.15 bits per heavy atom. The summed E-state index contributed by atoms with van der Waals surface area (Å²) < 4.78 is 3.34. The Hall–Kier alpha value is -4.85. The maximum absolute atomic E-state index is 6.36. The fraction of sp³-hybridized carbons (Fsp3) is 0.159. The number of fused-ring (bicyclic) bond motifs is 3. The molecule has 0 nitrogen and oxygen atoms in total. The summed E-state index contributed by atoms with van der Waals surface area (Å²) in [7, 11) is 0. The zero-order chi connectivity index (χ0) is 45.7. The van der Waals surface area contributed by atoms with Crippen LogP contribution in [0.2, 0.25) is 10.0 Å². The Morgan fingerprint density at radius 1 is 0.441 bits per heavy atom. The van der Waals surface area contributed by atoms with Gasteiger partial charge in [-0.15, -0.1) is 0 Å². The Bertz CT molecular complexity index is 2990. The summed E-state index contributed by atoms with van der Waals surface area (Å²) in [6.07, 6.45) is 8.16. The maximum atomic E-state index is 6.36. The molecule has 0 saturated carbocycles. The van der Waals surface area contributed by atoms with Gasteiger partial charge >= 0.3 is 413 Å². The number of hydrogen-bond donors (Lipinski definition) is 0. The molecule has 338 valence electrons. The summed E-state index contributed by atoms with van der Waals surface area (Å²) in [6.45, 7) is 14.2. The first-order valence-corrected chi connectivity index (χ1v) is 27.8. The summed E-state index contributed by atoms with van der Waals surface area (Å²) in [5, 5.41) is 1.49. The molecule has 2 aliphatic carbocycles. The van der Waals surface area contributed by atoms with E-state index in [1.165, 1.54) is 81.1 Å². The first-order valence-electron chi connectivity index (χ1n) is 23.1. The van der Waals surface area contributed by atoms with Gasteiger partial charge in [-0.25, -0.2) is 0 Å². The van der Waals surface area contributed by atoms with Gasteiger partial charge in [-0.3, -0.25) is 0 Å². The normalized spacial score (nSPS) is 12.8. The summed E-state index contributed by atoms with van der Waals surface area (Å²) in [5.74, 6) is 0. The van der Waals surface area contributed by atoms with E-state index in [2.05, 4.69) is 217 Å². The number of benzene rings is 8. The van der Waals surface area contributed by atoms with Crippen molar-refractivity contribution in [3.63, 3.8) is 0 Å². The topological polar surface area (TPSA) is 0 Å². The second kappa shape index (κ2) is 20.2. The van der Waals surface area contributed by atoms with Crippen LogP contribution >= 0.6 is 23.2 Å². The summed E-state index contributed by atoms with van der Waals surface area (Å²) in [5.41, 5.74) is 20.8. The van der Waals surface area contributed by atoms with Crippen LogP contribution in [0.5, 0.6) is 0 Å². The fourth-order valence-electron chi connectivity index (χ4n) is 10.2. The van der Waals surface area contributed by atoms with Crippen molar-refractivity contribution >= 4 is 26.4 Å². The summed E-state index contributed by atoms with van der Waals surface area (Å²) >= 11 is 9.55. The maximum Gasteiger partial charge on any atom is -1.00 e. The predicted molar refractivity (Wildman–Crippen MR) is 281 cm³/mol. The van der Waals surface area contributed by atoms with Gasteiger partial charge in [0.25, 0.3) is 0 Å². The van der Waals surface area contributed by atoms with Crippen LogP contribution in [0.15, 0.2) is 204 Å². The molecule has 0 amide bonds. The molecule has 8 aromatic carbocycles. The van der Waals surface area contributed by atoms with Crippen molar-refractivity contribution in [1.82, 2.24) is 0 Å². The average molecular weight is 1040 g/mol. The minimum Gasteiger partial charge on any atom is -1.00 e. The second-order valence-corrected chi connectivity index (χ2v) is 27.0. The molecule has 68 heavy (non-hydrogen) atoms. The molecule has 0 aromatic heterocycles. The van der Waals surface area contributed by atoms with Crippen LogP contribution in [0.3, 0.4) is 0 Å². The van der Waals surface area contributed by atoms with Crippen LogP contribution in [0.4, 0.5) is 0 Å². The van der Waals surface area contributed by atoms with Crippen molar-refractivity contribution in [3.8, 4) is 55.6 Å². The molecule has 8 aromatic rings. The Kier molecular flexibility index (Phi) is 14.8. The van der Waals surface area contributed by atoms with E-state index in [1.54, 1.807) is 3.28 Å². The zero-order valence-electron chi connectivity index (χ0n) is 39.3. The molecule has 0 bridgehead atoms. The van der Waals surface area contributed by atoms with E-state index in [4.69, 9.17) is 23.2 Å². The third-order valence-electron chi connectivity index (χ3n) is 13.5. The standard InChI is InChI=1S/C33H33.C25H16Cl2.C5H5.2ClH.Zr/c1-32(2,3)30-20-26-24(18-28(30)22-13-9-7-10-14-22)17-25-19-29(23-15-11-8-12-16-23)31(21-27(25)26)33(4,5)6;26-24-13-9-22(10-14-24)20-5-1-18(2-6-20)17-19-3-7-21(8-4-19)23-11-15-25(27)16-12-23;1-2-4-5-3-1;;;/h7-21H,1-6H3;1-16H;1-3H,4H2;2*1H;/q;;;;;+2/p-2. The van der Waals surface area contributed by atoms with Crippen molar-refractivity contribution in [3.05, 3.63) is 247 Å². The van der Waals surface area contributed by atoms with E-state index >= 15 is 0 Å². The third-order valence-corrected chi connectivity index (χ3v) is 22.3. The van der Waals surface area contributed by atoms with E-state index in [-0.39, 0.29) is 39.3 Å². The van der Waals surface area contributed by atoms with Gasteiger partial charge in [0.05, 0.1) is 0 Å². The Morgan fingerprint density at radius 2 is 0.809 bits per heavy atom. The molecule has 0 fully saturated rings. The van der Waals surface area contributed by atoms with Gasteiger partial charge in [-0.2, -0.15) is 0 Å². The van der Waals surface area contributed by atoms with Crippen molar-refractivity contribution in [2.45, 2.75) is 62.4 Å². The van der Waals surface area contributed by atoms with E-state index in [0.717, 1.165) is 27.6 Å². The molecule has 0 saturated heterocycles. The first kappa shape index (κ1) is 49.6. The molecular weight excluding hydrogens is 990 g/mol. The summed E-state index contributed by atoms with van der Waals surface area (Å²) in [4.78, 5) is 0. The molecule has 0 heterocycles. The van der Waals surface area contributed by atoms with Gasteiger partial charge in [-0.1, -0.05) is 0 Å². The van der Waals surface area contributed by atoms with E-state index in [0.29, 0.717) is 0 Å². The number of allylic oxidation sites excluding steroid dienone is 4. The van der Waals surface area contributed by atoms with Gasteiger partial charge in [-0.05, 0) is 0 Å². The Balaban J connectivity index is 0.00000312. The predicted octanol–water partition coefficient (Wildman–Crippen LogP) is 12.1. The average Bonchev–Trinajstić information content (AvgIpc) is 3.97. The second-order valence-electron chi connectivity index (χ2n) is 19.9. The van der Waals surface area contributed by atoms with Gasteiger partial charge < -0.3 is 24.8 Å². The van der Waals surface area contributed by atoms with Crippen molar-refractivity contribution in [1.29, 1.82) is 0 Å². The molecular formula is C63H54Cl4Zr. The Labute approximate surface area is 433 Å². The van der Waals surface area contributed by atoms with Gasteiger partial charge in [0.2, 0.25) is 0 Å². The number of rotatable bonds is 8. The minimum atomic E-state index is -3.17. The molecule has 0 aliphatic heterocycles. The van der Waals surface area contributed by atoms with Crippen LogP contribution < -0.4 is 24.8 Å². The molecule has 0 radical (unpaired) electrons. The molecule has 0 unspecified atom stereocenters. The molecule has 5 heteroatoms. The van der Waals surface area contributed by atoms with E-state index < -0.39 is 21.3 Å². The molecule has 2 aliphatic rings. The minimum absolute atomic E-state index is 0. The number of hydrogen-bond acceptors (Lipinski definition) is 0. The van der Waals surface area contributed by atoms with Crippen molar-refractivity contribution < 1.29 is 46.1 Å². The van der Waals surface area contributed by atoms with Crippen LogP contribution in [0.25, 0.3) is 55.6 Å². The van der Waals surface area contributed by atoms with Crippen LogP contribution in [0.1, 0.15) is 85.0 Å². The zero-order valence-corrected chi connectivity index (χ0v) is 44.8. The van der Waals surface area contributed by atoms with E-state index in [1.807, 2.05) is 24.3 Å². The van der Waals surface area contributed by atoms with Gasteiger partial charge in [0.15, 0.2) is 0 Å². The largest absolute Gasteiger partial charge is 1.00 e. The van der Waals surface area contributed by atoms with Gasteiger partial charge in [0, 0.05) is 0 Å².